The van der Waals surface area contributed by atoms with Gasteiger partial charge in [0.2, 0.25) is 0 Å². The van der Waals surface area contributed by atoms with Crippen molar-refractivity contribution >= 4 is 25.8 Å². The van der Waals surface area contributed by atoms with Gasteiger partial charge in [0.25, 0.3) is 0 Å². The zero-order chi connectivity index (χ0) is 14.3. The molecule has 1 saturated carbocycles. The topological polar surface area (TPSA) is 69.4 Å². The standard InChI is InChI=1S/C13H18BrNO3S/c1-3-19(16,17)12-11(13(12,15)8-18-2)9-4-6-10(14)7-5-9/h4-7,11-12H,3,8,15H2,1-2H3/t11-,12-,13+/m1/s1. The Morgan fingerprint density at radius 2 is 1.95 bits per heavy atom. The largest absolute Gasteiger partial charge is 0.383 e. The fourth-order valence-corrected chi connectivity index (χ4v) is 4.97. The zero-order valence-corrected chi connectivity index (χ0v) is 13.4. The van der Waals surface area contributed by atoms with Crippen LogP contribution in [0.4, 0.5) is 0 Å². The van der Waals surface area contributed by atoms with Crippen LogP contribution in [0, 0.1) is 0 Å². The third-order valence-corrected chi connectivity index (χ3v) is 6.53. The SMILES string of the molecule is CCS(=O)(=O)[C@@H]1[C@@H](c2ccc(Br)cc2)[C@@]1(N)COC. The molecule has 0 heterocycles. The number of ether oxygens (including phenoxy) is 1. The molecular weight excluding hydrogens is 330 g/mol. The zero-order valence-electron chi connectivity index (χ0n) is 11.0. The van der Waals surface area contributed by atoms with Crippen LogP contribution in [0.2, 0.25) is 0 Å². The normalized spacial score (nSPS) is 30.3. The number of benzene rings is 1. The van der Waals surface area contributed by atoms with Gasteiger partial charge in [-0.25, -0.2) is 8.42 Å². The van der Waals surface area contributed by atoms with Crippen molar-refractivity contribution in [1.82, 2.24) is 0 Å². The average Bonchev–Trinajstić information content (AvgIpc) is 2.97. The summed E-state index contributed by atoms with van der Waals surface area (Å²) in [6, 6.07) is 7.63. The van der Waals surface area contributed by atoms with Gasteiger partial charge in [0.15, 0.2) is 9.84 Å². The van der Waals surface area contributed by atoms with E-state index in [1.165, 1.54) is 0 Å². The maximum absolute atomic E-state index is 12.2. The highest BCUT2D eigenvalue weighted by molar-refractivity contribution is 9.10. The lowest BCUT2D eigenvalue weighted by molar-refractivity contribution is 0.171. The molecule has 6 heteroatoms. The molecule has 0 amide bonds. The lowest BCUT2D eigenvalue weighted by atomic mass is 10.1. The van der Waals surface area contributed by atoms with E-state index in [-0.39, 0.29) is 18.3 Å². The first-order valence-electron chi connectivity index (χ1n) is 6.11. The van der Waals surface area contributed by atoms with Crippen LogP contribution in [0.5, 0.6) is 0 Å². The predicted octanol–water partition coefficient (Wildman–Crippen LogP) is 1.69. The molecule has 19 heavy (non-hydrogen) atoms. The van der Waals surface area contributed by atoms with E-state index in [4.69, 9.17) is 10.5 Å². The molecule has 0 aromatic heterocycles. The molecule has 0 radical (unpaired) electrons. The molecule has 1 aliphatic carbocycles. The third kappa shape index (κ3) is 2.59. The van der Waals surface area contributed by atoms with Crippen molar-refractivity contribution in [3.05, 3.63) is 34.3 Å². The van der Waals surface area contributed by atoms with E-state index < -0.39 is 20.6 Å². The molecule has 0 unspecified atom stereocenters. The molecule has 2 rings (SSSR count). The van der Waals surface area contributed by atoms with E-state index >= 15 is 0 Å². The van der Waals surface area contributed by atoms with Crippen LogP contribution in [0.25, 0.3) is 0 Å². The number of hydrogen-bond acceptors (Lipinski definition) is 4. The van der Waals surface area contributed by atoms with Gasteiger partial charge in [-0.1, -0.05) is 35.0 Å². The number of methoxy groups -OCH3 is 1. The lowest BCUT2D eigenvalue weighted by Gasteiger charge is -2.10. The van der Waals surface area contributed by atoms with Crippen molar-refractivity contribution in [2.75, 3.05) is 19.5 Å². The summed E-state index contributed by atoms with van der Waals surface area (Å²) in [6.45, 7) is 1.90. The van der Waals surface area contributed by atoms with Gasteiger partial charge in [-0.15, -0.1) is 0 Å². The molecule has 1 aromatic rings. The maximum Gasteiger partial charge on any atom is 0.155 e. The van der Waals surface area contributed by atoms with Crippen molar-refractivity contribution in [2.45, 2.75) is 23.6 Å². The summed E-state index contributed by atoms with van der Waals surface area (Å²) in [5.41, 5.74) is 6.40. The number of nitrogens with two attached hydrogens (primary N) is 1. The summed E-state index contributed by atoms with van der Waals surface area (Å²) >= 11 is 3.37. The van der Waals surface area contributed by atoms with Crippen molar-refractivity contribution in [1.29, 1.82) is 0 Å². The molecule has 0 aliphatic heterocycles. The van der Waals surface area contributed by atoms with Crippen LogP contribution in [-0.2, 0) is 14.6 Å². The first-order valence-corrected chi connectivity index (χ1v) is 8.62. The Bertz CT molecular complexity index is 558. The van der Waals surface area contributed by atoms with Crippen LogP contribution in [0.15, 0.2) is 28.7 Å². The summed E-state index contributed by atoms with van der Waals surface area (Å²) in [6.07, 6.45) is 0. The lowest BCUT2D eigenvalue weighted by Crippen LogP contribution is -2.36. The van der Waals surface area contributed by atoms with Crippen molar-refractivity contribution < 1.29 is 13.2 Å². The Kier molecular flexibility index (Phi) is 4.07. The van der Waals surface area contributed by atoms with E-state index in [9.17, 15) is 8.42 Å². The molecule has 1 fully saturated rings. The van der Waals surface area contributed by atoms with Crippen LogP contribution in [0.3, 0.4) is 0 Å². The van der Waals surface area contributed by atoms with E-state index in [1.807, 2.05) is 24.3 Å². The summed E-state index contributed by atoms with van der Waals surface area (Å²) in [5, 5.41) is -0.550. The van der Waals surface area contributed by atoms with Crippen LogP contribution >= 0.6 is 15.9 Å². The Hall–Kier alpha value is -0.430. The summed E-state index contributed by atoms with van der Waals surface area (Å²) in [7, 11) is -1.64. The van der Waals surface area contributed by atoms with Gasteiger partial charge in [0.1, 0.15) is 0 Å². The Labute approximate surface area is 122 Å². The fourth-order valence-electron chi connectivity index (χ4n) is 2.72. The third-order valence-electron chi connectivity index (χ3n) is 3.72. The molecule has 1 aliphatic rings. The predicted molar refractivity (Wildman–Crippen MR) is 78.9 cm³/mol. The second-order valence-electron chi connectivity index (χ2n) is 4.95. The molecule has 0 bridgehead atoms. The molecule has 0 saturated heterocycles. The average molecular weight is 348 g/mol. The molecule has 0 spiro atoms. The van der Waals surface area contributed by atoms with E-state index in [0.717, 1.165) is 10.0 Å². The molecular formula is C13H18BrNO3S. The first-order chi connectivity index (χ1) is 8.86. The first kappa shape index (κ1) is 15.0. The van der Waals surface area contributed by atoms with Gasteiger partial charge in [0, 0.05) is 23.3 Å². The quantitative estimate of drug-likeness (QED) is 0.879. The second-order valence-corrected chi connectivity index (χ2v) is 8.27. The van der Waals surface area contributed by atoms with Gasteiger partial charge >= 0.3 is 0 Å². The second kappa shape index (κ2) is 5.16. The van der Waals surface area contributed by atoms with Crippen molar-refractivity contribution in [3.63, 3.8) is 0 Å². The van der Waals surface area contributed by atoms with E-state index in [0.29, 0.717) is 0 Å². The highest BCUT2D eigenvalue weighted by Gasteiger charge is 2.68. The summed E-state index contributed by atoms with van der Waals surface area (Å²) < 4.78 is 30.4. The molecule has 4 nitrogen and oxygen atoms in total. The van der Waals surface area contributed by atoms with Gasteiger partial charge in [-0.2, -0.15) is 0 Å². The highest BCUT2D eigenvalue weighted by atomic mass is 79.9. The van der Waals surface area contributed by atoms with Crippen LogP contribution in [0.1, 0.15) is 18.4 Å². The van der Waals surface area contributed by atoms with Crippen LogP contribution in [-0.4, -0.2) is 38.7 Å². The number of rotatable bonds is 5. The number of hydrogen-bond donors (Lipinski definition) is 1. The highest BCUT2D eigenvalue weighted by Crippen LogP contribution is 2.54. The number of sulfone groups is 1. The molecule has 1 aromatic carbocycles. The Morgan fingerprint density at radius 3 is 2.42 bits per heavy atom. The van der Waals surface area contributed by atoms with Gasteiger partial charge < -0.3 is 10.5 Å². The monoisotopic (exact) mass is 347 g/mol. The van der Waals surface area contributed by atoms with Crippen molar-refractivity contribution in [2.24, 2.45) is 5.73 Å². The summed E-state index contributed by atoms with van der Waals surface area (Å²) in [5.74, 6) is -0.0848. The van der Waals surface area contributed by atoms with E-state index in [1.54, 1.807) is 14.0 Å². The minimum absolute atomic E-state index is 0.105. The minimum atomic E-state index is -3.18. The maximum atomic E-state index is 12.2. The van der Waals surface area contributed by atoms with Crippen LogP contribution < -0.4 is 5.73 Å². The Morgan fingerprint density at radius 1 is 1.37 bits per heavy atom. The van der Waals surface area contributed by atoms with Gasteiger partial charge in [-0.05, 0) is 17.7 Å². The fraction of sp³-hybridized carbons (Fsp3) is 0.538. The van der Waals surface area contributed by atoms with Crippen molar-refractivity contribution in [3.8, 4) is 0 Å². The number of halogens is 1. The smallest absolute Gasteiger partial charge is 0.155 e. The summed E-state index contributed by atoms with van der Waals surface area (Å²) in [4.78, 5) is 0. The minimum Gasteiger partial charge on any atom is -0.383 e. The molecule has 3 atom stereocenters. The molecule has 106 valence electrons. The Balaban J connectivity index is 2.36. The molecule has 2 N–H and O–H groups in total. The van der Waals surface area contributed by atoms with Gasteiger partial charge in [-0.3, -0.25) is 0 Å². The van der Waals surface area contributed by atoms with E-state index in [2.05, 4.69) is 15.9 Å². The van der Waals surface area contributed by atoms with Gasteiger partial charge in [0.05, 0.1) is 17.4 Å².